The highest BCUT2D eigenvalue weighted by Crippen LogP contribution is 2.31. The number of unbranched alkanes of at least 4 members (excludes halogenated alkanes) is 2. The van der Waals surface area contributed by atoms with Gasteiger partial charge in [0, 0.05) is 19.5 Å². The normalized spacial score (nSPS) is 11.5. The molecule has 100 valence electrons. The van der Waals surface area contributed by atoms with Gasteiger partial charge in [-0.15, -0.1) is 5.10 Å². The predicted molar refractivity (Wildman–Crippen MR) is 57.3 cm³/mol. The lowest BCUT2D eigenvalue weighted by molar-refractivity contribution is -0.144. The van der Waals surface area contributed by atoms with E-state index in [2.05, 4.69) is 15.6 Å². The van der Waals surface area contributed by atoms with E-state index in [9.17, 15) is 13.2 Å². The molecule has 1 aromatic rings. The van der Waals surface area contributed by atoms with Crippen molar-refractivity contribution >= 4 is 0 Å². The molecule has 8 heteroatoms. The highest BCUT2D eigenvalue weighted by molar-refractivity contribution is 5.13. The van der Waals surface area contributed by atoms with Crippen molar-refractivity contribution in [1.82, 2.24) is 20.3 Å². The SMILES string of the molecule is CNCc1nnn(CCCCC#N)c1C(F)(F)F. The Morgan fingerprint density at radius 2 is 2.11 bits per heavy atom. The van der Waals surface area contributed by atoms with Gasteiger partial charge >= 0.3 is 6.18 Å². The van der Waals surface area contributed by atoms with Crippen LogP contribution >= 0.6 is 0 Å². The summed E-state index contributed by atoms with van der Waals surface area (Å²) >= 11 is 0. The second kappa shape index (κ2) is 6.35. The van der Waals surface area contributed by atoms with Crippen LogP contribution in [0.3, 0.4) is 0 Å². The van der Waals surface area contributed by atoms with Crippen LogP contribution in [0.4, 0.5) is 13.2 Å². The summed E-state index contributed by atoms with van der Waals surface area (Å²) in [7, 11) is 1.55. The number of alkyl halides is 3. The van der Waals surface area contributed by atoms with Gasteiger partial charge in [-0.25, -0.2) is 4.68 Å². The van der Waals surface area contributed by atoms with Crippen molar-refractivity contribution in [3.8, 4) is 6.07 Å². The minimum absolute atomic E-state index is 0.0209. The number of halogens is 3. The lowest BCUT2D eigenvalue weighted by Gasteiger charge is -2.10. The van der Waals surface area contributed by atoms with E-state index in [0.29, 0.717) is 19.3 Å². The van der Waals surface area contributed by atoms with Crippen LogP contribution in [-0.2, 0) is 19.3 Å². The van der Waals surface area contributed by atoms with Crippen molar-refractivity contribution in [2.75, 3.05) is 7.05 Å². The maximum atomic E-state index is 12.9. The molecule has 0 saturated heterocycles. The average molecular weight is 261 g/mol. The minimum atomic E-state index is -4.47. The molecule has 0 aliphatic carbocycles. The van der Waals surface area contributed by atoms with E-state index in [0.717, 1.165) is 4.68 Å². The minimum Gasteiger partial charge on any atom is -0.314 e. The summed E-state index contributed by atoms with van der Waals surface area (Å²) in [6.45, 7) is 0.139. The zero-order valence-electron chi connectivity index (χ0n) is 9.96. The van der Waals surface area contributed by atoms with Gasteiger partial charge in [0.1, 0.15) is 5.69 Å². The van der Waals surface area contributed by atoms with Crippen LogP contribution in [0.2, 0.25) is 0 Å². The fourth-order valence-corrected chi connectivity index (χ4v) is 1.57. The van der Waals surface area contributed by atoms with Gasteiger partial charge in [-0.05, 0) is 19.9 Å². The van der Waals surface area contributed by atoms with Crippen molar-refractivity contribution in [1.29, 1.82) is 5.26 Å². The monoisotopic (exact) mass is 261 g/mol. The molecule has 1 aromatic heterocycles. The Hall–Kier alpha value is -1.62. The van der Waals surface area contributed by atoms with E-state index in [1.54, 1.807) is 7.05 Å². The number of hydrogen-bond acceptors (Lipinski definition) is 4. The van der Waals surface area contributed by atoms with Crippen molar-refractivity contribution in [2.24, 2.45) is 0 Å². The number of rotatable bonds is 6. The van der Waals surface area contributed by atoms with Crippen molar-refractivity contribution in [3.05, 3.63) is 11.4 Å². The zero-order valence-corrected chi connectivity index (χ0v) is 9.96. The lowest BCUT2D eigenvalue weighted by atomic mass is 10.2. The Morgan fingerprint density at radius 3 is 2.67 bits per heavy atom. The molecule has 0 saturated carbocycles. The summed E-state index contributed by atoms with van der Waals surface area (Å²) in [5, 5.41) is 18.0. The highest BCUT2D eigenvalue weighted by atomic mass is 19.4. The van der Waals surface area contributed by atoms with Gasteiger partial charge in [-0.1, -0.05) is 5.21 Å². The Labute approximate surface area is 103 Å². The molecule has 0 amide bonds. The smallest absolute Gasteiger partial charge is 0.314 e. The van der Waals surface area contributed by atoms with Crippen molar-refractivity contribution < 1.29 is 13.2 Å². The van der Waals surface area contributed by atoms with Crippen molar-refractivity contribution in [3.63, 3.8) is 0 Å². The summed E-state index contributed by atoms with van der Waals surface area (Å²) < 4.78 is 39.4. The van der Waals surface area contributed by atoms with Crippen LogP contribution in [-0.4, -0.2) is 22.0 Å². The van der Waals surface area contributed by atoms with Crippen LogP contribution in [0, 0.1) is 11.3 Å². The van der Waals surface area contributed by atoms with Gasteiger partial charge in [0.2, 0.25) is 0 Å². The van der Waals surface area contributed by atoms with Crippen molar-refractivity contribution in [2.45, 2.75) is 38.5 Å². The lowest BCUT2D eigenvalue weighted by Crippen LogP contribution is -2.19. The molecule has 0 atom stereocenters. The van der Waals surface area contributed by atoms with E-state index >= 15 is 0 Å². The molecule has 0 bridgehead atoms. The summed E-state index contributed by atoms with van der Waals surface area (Å²) in [4.78, 5) is 0. The highest BCUT2D eigenvalue weighted by Gasteiger charge is 2.38. The summed E-state index contributed by atoms with van der Waals surface area (Å²) in [5.74, 6) is 0. The Morgan fingerprint density at radius 1 is 1.39 bits per heavy atom. The van der Waals surface area contributed by atoms with E-state index in [-0.39, 0.29) is 18.8 Å². The number of nitrogens with zero attached hydrogens (tertiary/aromatic N) is 4. The zero-order chi connectivity index (χ0) is 13.6. The third kappa shape index (κ3) is 3.70. The van der Waals surface area contributed by atoms with Gasteiger partial charge in [0.25, 0.3) is 0 Å². The van der Waals surface area contributed by atoms with E-state index in [1.165, 1.54) is 0 Å². The Balaban J connectivity index is 2.81. The molecule has 0 aliphatic heterocycles. The molecule has 1 rings (SSSR count). The van der Waals surface area contributed by atoms with Gasteiger partial charge in [0.15, 0.2) is 5.69 Å². The van der Waals surface area contributed by atoms with Crippen LogP contribution in [0.15, 0.2) is 0 Å². The standard InChI is InChI=1S/C10H14F3N5/c1-15-7-8-9(10(11,12)13)18(17-16-8)6-4-2-3-5-14/h15H,2-4,6-7H2,1H3. The largest absolute Gasteiger partial charge is 0.434 e. The number of nitrogens with one attached hydrogen (secondary N) is 1. The van der Waals surface area contributed by atoms with Crippen LogP contribution < -0.4 is 5.32 Å². The van der Waals surface area contributed by atoms with Gasteiger partial charge in [-0.3, -0.25) is 0 Å². The third-order valence-electron chi connectivity index (χ3n) is 2.33. The van der Waals surface area contributed by atoms with Gasteiger partial charge < -0.3 is 5.32 Å². The average Bonchev–Trinajstić information content (AvgIpc) is 2.68. The van der Waals surface area contributed by atoms with E-state index in [4.69, 9.17) is 5.26 Å². The topological polar surface area (TPSA) is 66.5 Å². The molecule has 0 unspecified atom stereocenters. The number of aromatic nitrogens is 3. The maximum Gasteiger partial charge on any atom is 0.434 e. The molecule has 0 aromatic carbocycles. The van der Waals surface area contributed by atoms with Crippen LogP contribution in [0.25, 0.3) is 0 Å². The second-order valence-corrected chi connectivity index (χ2v) is 3.75. The fraction of sp³-hybridized carbons (Fsp3) is 0.700. The van der Waals surface area contributed by atoms with E-state index < -0.39 is 11.9 Å². The first kappa shape index (κ1) is 14.4. The molecule has 0 radical (unpaired) electrons. The molecule has 0 fully saturated rings. The Bertz CT molecular complexity index is 418. The molecule has 18 heavy (non-hydrogen) atoms. The van der Waals surface area contributed by atoms with Gasteiger partial charge in [0.05, 0.1) is 6.07 Å². The second-order valence-electron chi connectivity index (χ2n) is 3.75. The maximum absolute atomic E-state index is 12.9. The third-order valence-corrected chi connectivity index (χ3v) is 2.33. The molecule has 1 N–H and O–H groups in total. The molecule has 1 heterocycles. The summed E-state index contributed by atoms with van der Waals surface area (Å²) in [5.41, 5.74) is -0.918. The van der Waals surface area contributed by atoms with Crippen LogP contribution in [0.1, 0.15) is 30.7 Å². The van der Waals surface area contributed by atoms with E-state index in [1.807, 2.05) is 6.07 Å². The number of aryl methyl sites for hydroxylation is 1. The number of nitriles is 1. The molecule has 5 nitrogen and oxygen atoms in total. The first-order valence-electron chi connectivity index (χ1n) is 5.51. The molecular formula is C10H14F3N5. The van der Waals surface area contributed by atoms with Crippen LogP contribution in [0.5, 0.6) is 0 Å². The summed E-state index contributed by atoms with van der Waals surface area (Å²) in [6, 6.07) is 1.95. The molecule has 0 aliphatic rings. The first-order valence-corrected chi connectivity index (χ1v) is 5.51. The fourth-order valence-electron chi connectivity index (χ4n) is 1.57. The predicted octanol–water partition coefficient (Wildman–Crippen LogP) is 1.71. The van der Waals surface area contributed by atoms with Gasteiger partial charge in [-0.2, -0.15) is 18.4 Å². The molecular weight excluding hydrogens is 247 g/mol. The first-order chi connectivity index (χ1) is 8.50. The quantitative estimate of drug-likeness (QED) is 0.792. The Kier molecular flexibility index (Phi) is 5.09. The summed E-state index contributed by atoms with van der Waals surface area (Å²) in [6.07, 6.45) is -3.11. The molecule has 0 spiro atoms. The number of hydrogen-bond donors (Lipinski definition) is 1.